The van der Waals surface area contributed by atoms with Crippen molar-refractivity contribution in [1.82, 2.24) is 0 Å². The lowest BCUT2D eigenvalue weighted by Gasteiger charge is -2.11. The summed E-state index contributed by atoms with van der Waals surface area (Å²) in [6, 6.07) is 8.91. The number of ether oxygens (including phenoxy) is 1. The Bertz CT molecular complexity index is 690. The third kappa shape index (κ3) is 3.64. The molecule has 0 heterocycles. The highest BCUT2D eigenvalue weighted by molar-refractivity contribution is 6.33. The van der Waals surface area contributed by atoms with Crippen molar-refractivity contribution in [2.24, 2.45) is 5.73 Å². The second-order valence-corrected chi connectivity index (χ2v) is 5.27. The molecule has 1 atom stereocenters. The van der Waals surface area contributed by atoms with Crippen LogP contribution in [0.4, 0.5) is 5.69 Å². The van der Waals surface area contributed by atoms with E-state index in [2.05, 4.69) is 0 Å². The van der Waals surface area contributed by atoms with Crippen LogP contribution in [-0.4, -0.2) is 4.92 Å². The van der Waals surface area contributed by atoms with E-state index in [0.29, 0.717) is 10.8 Å². The van der Waals surface area contributed by atoms with Gasteiger partial charge in [-0.05, 0) is 30.7 Å². The first-order valence-electron chi connectivity index (χ1n) is 6.05. The van der Waals surface area contributed by atoms with Crippen LogP contribution in [0.2, 0.25) is 10.0 Å². The zero-order valence-corrected chi connectivity index (χ0v) is 12.6. The first-order valence-corrected chi connectivity index (χ1v) is 6.81. The molecule has 2 aromatic carbocycles. The summed E-state index contributed by atoms with van der Waals surface area (Å²) < 4.78 is 5.56. The highest BCUT2D eigenvalue weighted by Crippen LogP contribution is 2.36. The Morgan fingerprint density at radius 3 is 2.43 bits per heavy atom. The fourth-order valence-electron chi connectivity index (χ4n) is 1.69. The highest BCUT2D eigenvalue weighted by atomic mass is 35.5. The Morgan fingerprint density at radius 2 is 1.86 bits per heavy atom. The quantitative estimate of drug-likeness (QED) is 0.651. The molecule has 110 valence electrons. The van der Waals surface area contributed by atoms with Crippen LogP contribution in [0.3, 0.4) is 0 Å². The summed E-state index contributed by atoms with van der Waals surface area (Å²) in [7, 11) is 0. The number of nitrogens with zero attached hydrogens (tertiary/aromatic N) is 1. The van der Waals surface area contributed by atoms with Gasteiger partial charge in [0.1, 0.15) is 5.75 Å². The topological polar surface area (TPSA) is 78.4 Å². The van der Waals surface area contributed by atoms with E-state index in [1.807, 2.05) is 6.92 Å². The maximum atomic E-state index is 10.8. The summed E-state index contributed by atoms with van der Waals surface area (Å²) in [5.74, 6) is 0.518. The van der Waals surface area contributed by atoms with Gasteiger partial charge in [0.05, 0.1) is 21.0 Å². The van der Waals surface area contributed by atoms with Crippen LogP contribution < -0.4 is 10.5 Å². The van der Waals surface area contributed by atoms with E-state index in [-0.39, 0.29) is 22.5 Å². The molecule has 5 nitrogen and oxygen atoms in total. The molecule has 0 aliphatic rings. The van der Waals surface area contributed by atoms with Crippen molar-refractivity contribution in [3.8, 4) is 11.5 Å². The van der Waals surface area contributed by atoms with Crippen LogP contribution in [0.15, 0.2) is 36.4 Å². The number of nitro benzene ring substituents is 1. The van der Waals surface area contributed by atoms with Crippen molar-refractivity contribution < 1.29 is 9.66 Å². The minimum absolute atomic E-state index is 0.113. The number of hydrogen-bond donors (Lipinski definition) is 1. The molecule has 0 saturated heterocycles. The molecule has 0 aliphatic heterocycles. The lowest BCUT2D eigenvalue weighted by Crippen LogP contribution is -2.04. The van der Waals surface area contributed by atoms with E-state index in [4.69, 9.17) is 33.7 Å². The molecule has 0 fully saturated rings. The van der Waals surface area contributed by atoms with Gasteiger partial charge in [-0.1, -0.05) is 29.3 Å². The van der Waals surface area contributed by atoms with Crippen molar-refractivity contribution in [1.29, 1.82) is 0 Å². The number of hydrogen-bond acceptors (Lipinski definition) is 4. The zero-order chi connectivity index (χ0) is 15.6. The summed E-state index contributed by atoms with van der Waals surface area (Å²) in [4.78, 5) is 10.2. The van der Waals surface area contributed by atoms with Crippen LogP contribution in [0.25, 0.3) is 0 Å². The predicted molar refractivity (Wildman–Crippen MR) is 82.2 cm³/mol. The molecule has 0 aliphatic carbocycles. The Kier molecular flexibility index (Phi) is 4.67. The zero-order valence-electron chi connectivity index (χ0n) is 11.0. The van der Waals surface area contributed by atoms with Crippen molar-refractivity contribution in [3.05, 3.63) is 62.1 Å². The summed E-state index contributed by atoms with van der Waals surface area (Å²) in [5.41, 5.74) is 6.51. The van der Waals surface area contributed by atoms with Gasteiger partial charge >= 0.3 is 0 Å². The van der Waals surface area contributed by atoms with Gasteiger partial charge in [0.15, 0.2) is 5.75 Å². The van der Waals surface area contributed by atoms with Gasteiger partial charge in [-0.25, -0.2) is 0 Å². The number of benzene rings is 2. The Morgan fingerprint density at radius 1 is 1.14 bits per heavy atom. The van der Waals surface area contributed by atoms with Gasteiger partial charge in [0, 0.05) is 12.1 Å². The van der Waals surface area contributed by atoms with E-state index in [0.717, 1.165) is 5.56 Å². The van der Waals surface area contributed by atoms with Crippen molar-refractivity contribution in [2.45, 2.75) is 13.0 Å². The van der Waals surface area contributed by atoms with Crippen LogP contribution in [0.1, 0.15) is 18.5 Å². The Hall–Kier alpha value is -1.82. The minimum atomic E-state index is -0.524. The van der Waals surface area contributed by atoms with Crippen LogP contribution in [0, 0.1) is 10.1 Å². The predicted octanol–water partition coefficient (Wildman–Crippen LogP) is 4.71. The van der Waals surface area contributed by atoms with E-state index in [1.54, 1.807) is 18.2 Å². The van der Waals surface area contributed by atoms with Gasteiger partial charge in [-0.3, -0.25) is 10.1 Å². The second-order valence-electron chi connectivity index (χ2n) is 4.45. The fraction of sp³-hybridized carbons (Fsp3) is 0.143. The van der Waals surface area contributed by atoms with Gasteiger partial charge in [-0.2, -0.15) is 0 Å². The molecule has 0 amide bonds. The van der Waals surface area contributed by atoms with Gasteiger partial charge in [-0.15, -0.1) is 0 Å². The highest BCUT2D eigenvalue weighted by Gasteiger charge is 2.13. The number of halogens is 2. The summed E-state index contributed by atoms with van der Waals surface area (Å²) >= 11 is 12.1. The van der Waals surface area contributed by atoms with E-state index >= 15 is 0 Å². The number of nitro groups is 1. The normalized spacial score (nSPS) is 12.0. The number of nitrogens with two attached hydrogens (primary N) is 1. The van der Waals surface area contributed by atoms with Crippen molar-refractivity contribution in [3.63, 3.8) is 0 Å². The molecule has 0 saturated carbocycles. The second kappa shape index (κ2) is 6.30. The standard InChI is InChI=1S/C14H12Cl2N2O3/c1-8(17)9-2-5-13(12(16)6-9)21-14-7-10(18(19)20)3-4-11(14)15/h2-8H,17H2,1H3. The number of rotatable bonds is 4. The van der Waals surface area contributed by atoms with Crippen molar-refractivity contribution >= 4 is 28.9 Å². The molecule has 7 heteroatoms. The average molecular weight is 327 g/mol. The Balaban J connectivity index is 2.34. The molecule has 1 unspecified atom stereocenters. The maximum absolute atomic E-state index is 10.8. The summed E-state index contributed by atoms with van der Waals surface area (Å²) in [5, 5.41) is 11.4. The lowest BCUT2D eigenvalue weighted by atomic mass is 10.1. The van der Waals surface area contributed by atoms with Gasteiger partial charge < -0.3 is 10.5 Å². The molecule has 2 aromatic rings. The molecule has 21 heavy (non-hydrogen) atoms. The minimum Gasteiger partial charge on any atom is -0.454 e. The van der Waals surface area contributed by atoms with Gasteiger partial charge in [0.2, 0.25) is 0 Å². The van der Waals surface area contributed by atoms with E-state index in [1.165, 1.54) is 18.2 Å². The molecule has 0 spiro atoms. The first-order chi connectivity index (χ1) is 9.88. The van der Waals surface area contributed by atoms with E-state index in [9.17, 15) is 10.1 Å². The molecule has 0 bridgehead atoms. The third-order valence-electron chi connectivity index (χ3n) is 2.83. The third-order valence-corrected chi connectivity index (χ3v) is 3.43. The molecule has 2 N–H and O–H groups in total. The summed E-state index contributed by atoms with van der Waals surface area (Å²) in [6.45, 7) is 1.84. The average Bonchev–Trinajstić information content (AvgIpc) is 2.42. The molecule has 2 rings (SSSR count). The monoisotopic (exact) mass is 326 g/mol. The maximum Gasteiger partial charge on any atom is 0.273 e. The van der Waals surface area contributed by atoms with Crippen LogP contribution in [0.5, 0.6) is 11.5 Å². The smallest absolute Gasteiger partial charge is 0.273 e. The largest absolute Gasteiger partial charge is 0.454 e. The fourth-order valence-corrected chi connectivity index (χ4v) is 2.07. The number of non-ortho nitro benzene ring substituents is 1. The summed E-state index contributed by atoms with van der Waals surface area (Å²) in [6.07, 6.45) is 0. The first kappa shape index (κ1) is 15.6. The lowest BCUT2D eigenvalue weighted by molar-refractivity contribution is -0.384. The SMILES string of the molecule is CC(N)c1ccc(Oc2cc([N+](=O)[O-])ccc2Cl)c(Cl)c1. The van der Waals surface area contributed by atoms with E-state index < -0.39 is 4.92 Å². The molecule has 0 aromatic heterocycles. The van der Waals surface area contributed by atoms with Crippen LogP contribution >= 0.6 is 23.2 Å². The van der Waals surface area contributed by atoms with Crippen LogP contribution in [-0.2, 0) is 0 Å². The van der Waals surface area contributed by atoms with Crippen molar-refractivity contribution in [2.75, 3.05) is 0 Å². The molecular formula is C14H12Cl2N2O3. The molecular weight excluding hydrogens is 315 g/mol. The molecule has 0 radical (unpaired) electrons. The Labute approximate surface area is 131 Å². The van der Waals surface area contributed by atoms with Gasteiger partial charge in [0.25, 0.3) is 5.69 Å².